The standard InChI is InChI=1S/C30H38N/c1-7-9-11-24(21-30(4,5)6)13-12-23(3)20-29(27-18-19-27)26-16-14-25(15-17-26)28(22-31)10-8-2/h8,10-11,13-19,22,29,31H,2,7,9,20-21H2,1,3-6H3/b24-11+,28-10+,31-22?. The van der Waals surface area contributed by atoms with E-state index < -0.39 is 0 Å². The summed E-state index contributed by atoms with van der Waals surface area (Å²) in [5.74, 6) is 0.368. The molecule has 2 rings (SSSR count). The van der Waals surface area contributed by atoms with Gasteiger partial charge in [0.25, 0.3) is 0 Å². The summed E-state index contributed by atoms with van der Waals surface area (Å²) in [4.78, 5) is 0. The summed E-state index contributed by atoms with van der Waals surface area (Å²) in [6.45, 7) is 15.0. The molecule has 0 spiro atoms. The van der Waals surface area contributed by atoms with Crippen LogP contribution in [-0.4, -0.2) is 6.21 Å². The summed E-state index contributed by atoms with van der Waals surface area (Å²) in [5.41, 5.74) is 11.2. The molecule has 1 aromatic carbocycles. The van der Waals surface area contributed by atoms with Crippen molar-refractivity contribution in [2.45, 2.75) is 66.2 Å². The van der Waals surface area contributed by atoms with Gasteiger partial charge in [0.1, 0.15) is 0 Å². The molecule has 1 nitrogen and oxygen atoms in total. The van der Waals surface area contributed by atoms with Crippen LogP contribution in [0.3, 0.4) is 0 Å². The average molecular weight is 413 g/mol. The van der Waals surface area contributed by atoms with E-state index in [1.54, 1.807) is 6.08 Å². The van der Waals surface area contributed by atoms with Crippen LogP contribution in [0.1, 0.15) is 77.3 Å². The van der Waals surface area contributed by atoms with E-state index in [0.29, 0.717) is 5.92 Å². The molecule has 0 aromatic heterocycles. The topological polar surface area (TPSA) is 23.9 Å². The number of nitrogens with one attached hydrogen (secondary N) is 1. The Kier molecular flexibility index (Phi) is 9.28. The van der Waals surface area contributed by atoms with Crippen LogP contribution in [-0.2, 0) is 0 Å². The molecular formula is C30H38N. The molecule has 0 bridgehead atoms. The maximum Gasteiger partial charge on any atom is 0.0256 e. The third kappa shape index (κ3) is 8.56. The highest BCUT2D eigenvalue weighted by Gasteiger charge is 2.23. The molecular weight excluding hydrogens is 374 g/mol. The number of benzene rings is 1. The van der Waals surface area contributed by atoms with Crippen molar-refractivity contribution in [3.8, 4) is 0 Å². The summed E-state index contributed by atoms with van der Waals surface area (Å²) in [6, 6.07) is 8.60. The average Bonchev–Trinajstić information content (AvgIpc) is 3.56. The molecule has 1 aliphatic carbocycles. The van der Waals surface area contributed by atoms with Crippen molar-refractivity contribution in [3.05, 3.63) is 101 Å². The van der Waals surface area contributed by atoms with Crippen molar-refractivity contribution >= 4 is 11.8 Å². The minimum atomic E-state index is 0.277. The molecule has 0 aliphatic heterocycles. The highest BCUT2D eigenvalue weighted by atomic mass is 14.3. The maximum absolute atomic E-state index is 7.61. The van der Waals surface area contributed by atoms with Crippen LogP contribution in [0.4, 0.5) is 0 Å². The summed E-state index contributed by atoms with van der Waals surface area (Å²) in [5, 5.41) is 7.61. The first-order valence-electron chi connectivity index (χ1n) is 11.4. The normalized spacial score (nSPS) is 14.9. The molecule has 1 N–H and O–H groups in total. The van der Waals surface area contributed by atoms with Crippen molar-refractivity contribution in [2.75, 3.05) is 0 Å². The molecule has 0 fully saturated rings. The lowest BCUT2D eigenvalue weighted by Gasteiger charge is -2.18. The second kappa shape index (κ2) is 11.7. The van der Waals surface area contributed by atoms with E-state index in [9.17, 15) is 0 Å². The second-order valence-electron chi connectivity index (χ2n) is 9.59. The van der Waals surface area contributed by atoms with Gasteiger partial charge in [0.05, 0.1) is 0 Å². The van der Waals surface area contributed by atoms with E-state index in [1.165, 1.54) is 34.9 Å². The van der Waals surface area contributed by atoms with Crippen LogP contribution in [0.2, 0.25) is 0 Å². The van der Waals surface area contributed by atoms with Crippen molar-refractivity contribution in [1.29, 1.82) is 5.41 Å². The van der Waals surface area contributed by atoms with Gasteiger partial charge in [0, 0.05) is 18.6 Å². The van der Waals surface area contributed by atoms with Crippen LogP contribution in [0.5, 0.6) is 0 Å². The minimum absolute atomic E-state index is 0.277. The summed E-state index contributed by atoms with van der Waals surface area (Å²) >= 11 is 0. The minimum Gasteiger partial charge on any atom is -0.308 e. The Morgan fingerprint density at radius 2 is 1.87 bits per heavy atom. The molecule has 1 aliphatic rings. The SMILES string of the molecule is C=C/C=C(\C=N)c1ccc(C(CC(C)=C=C/C(=C\CCC)CC(C)(C)C)C2=C[CH]2)cc1. The Morgan fingerprint density at radius 3 is 2.39 bits per heavy atom. The summed E-state index contributed by atoms with van der Waals surface area (Å²) in [6.07, 6.45) is 18.3. The second-order valence-corrected chi connectivity index (χ2v) is 9.59. The number of hydrogen-bond donors (Lipinski definition) is 1. The number of allylic oxidation sites excluding steroid dienone is 8. The van der Waals surface area contributed by atoms with Crippen LogP contribution >= 0.6 is 0 Å². The fourth-order valence-corrected chi connectivity index (χ4v) is 3.68. The summed E-state index contributed by atoms with van der Waals surface area (Å²) < 4.78 is 0. The third-order valence-corrected chi connectivity index (χ3v) is 5.30. The van der Waals surface area contributed by atoms with Crippen LogP contribution in [0.25, 0.3) is 5.57 Å². The van der Waals surface area contributed by atoms with E-state index in [-0.39, 0.29) is 5.41 Å². The molecule has 1 atom stereocenters. The lowest BCUT2D eigenvalue weighted by molar-refractivity contribution is 0.412. The van der Waals surface area contributed by atoms with Gasteiger partial charge in [-0.2, -0.15) is 0 Å². The van der Waals surface area contributed by atoms with Crippen LogP contribution < -0.4 is 0 Å². The third-order valence-electron chi connectivity index (χ3n) is 5.30. The number of rotatable bonds is 11. The first-order chi connectivity index (χ1) is 14.8. The molecule has 1 radical (unpaired) electrons. The fourth-order valence-electron chi connectivity index (χ4n) is 3.68. The lowest BCUT2D eigenvalue weighted by atomic mass is 9.87. The molecule has 0 saturated heterocycles. The molecule has 31 heavy (non-hydrogen) atoms. The molecule has 0 amide bonds. The van der Waals surface area contributed by atoms with Crippen molar-refractivity contribution in [1.82, 2.24) is 0 Å². The molecule has 1 aromatic rings. The van der Waals surface area contributed by atoms with Gasteiger partial charge in [0.2, 0.25) is 0 Å². The van der Waals surface area contributed by atoms with Gasteiger partial charge in [-0.25, -0.2) is 0 Å². The van der Waals surface area contributed by atoms with E-state index in [2.05, 4.69) is 95.8 Å². The van der Waals surface area contributed by atoms with Gasteiger partial charge in [-0.05, 0) is 65.5 Å². The van der Waals surface area contributed by atoms with Gasteiger partial charge in [0.15, 0.2) is 0 Å². The van der Waals surface area contributed by atoms with Crippen LogP contribution in [0, 0.1) is 17.2 Å². The van der Waals surface area contributed by atoms with E-state index in [4.69, 9.17) is 5.41 Å². The number of hydrogen-bond acceptors (Lipinski definition) is 1. The van der Waals surface area contributed by atoms with Gasteiger partial charge in [-0.1, -0.05) is 94.8 Å². The molecule has 1 unspecified atom stereocenters. The molecule has 0 saturated carbocycles. The van der Waals surface area contributed by atoms with Gasteiger partial charge < -0.3 is 5.41 Å². The Labute approximate surface area is 190 Å². The van der Waals surface area contributed by atoms with Crippen molar-refractivity contribution < 1.29 is 0 Å². The smallest absolute Gasteiger partial charge is 0.0256 e. The Bertz CT molecular complexity index is 920. The largest absolute Gasteiger partial charge is 0.308 e. The Morgan fingerprint density at radius 1 is 1.19 bits per heavy atom. The van der Waals surface area contributed by atoms with Gasteiger partial charge in [-0.3, -0.25) is 0 Å². The van der Waals surface area contributed by atoms with E-state index >= 15 is 0 Å². The zero-order valence-electron chi connectivity index (χ0n) is 20.0. The van der Waals surface area contributed by atoms with E-state index in [1.807, 2.05) is 6.08 Å². The predicted octanol–water partition coefficient (Wildman–Crippen LogP) is 8.79. The van der Waals surface area contributed by atoms with Gasteiger partial charge in [-0.15, -0.1) is 5.73 Å². The zero-order valence-corrected chi connectivity index (χ0v) is 20.0. The fraction of sp³-hybridized carbons (Fsp3) is 0.367. The predicted molar refractivity (Wildman–Crippen MR) is 137 cm³/mol. The number of unbranched alkanes of at least 4 members (excludes halogenated alkanes) is 1. The summed E-state index contributed by atoms with van der Waals surface area (Å²) in [7, 11) is 0. The molecule has 1 heteroatoms. The lowest BCUT2D eigenvalue weighted by Crippen LogP contribution is -2.05. The van der Waals surface area contributed by atoms with E-state index in [0.717, 1.165) is 30.4 Å². The molecule has 0 heterocycles. The van der Waals surface area contributed by atoms with Crippen molar-refractivity contribution in [3.63, 3.8) is 0 Å². The van der Waals surface area contributed by atoms with Crippen LogP contribution in [0.15, 0.2) is 83.7 Å². The van der Waals surface area contributed by atoms with Gasteiger partial charge >= 0.3 is 0 Å². The first-order valence-corrected chi connectivity index (χ1v) is 11.4. The highest BCUT2D eigenvalue weighted by molar-refractivity contribution is 6.08. The maximum atomic E-state index is 7.61. The first kappa shape index (κ1) is 24.6. The Hall–Kier alpha value is -2.63. The zero-order chi connectivity index (χ0) is 22.9. The highest BCUT2D eigenvalue weighted by Crippen LogP contribution is 2.39. The quantitative estimate of drug-likeness (QED) is 0.213. The monoisotopic (exact) mass is 412 g/mol. The van der Waals surface area contributed by atoms with Crippen molar-refractivity contribution in [2.24, 2.45) is 5.41 Å². The Balaban J connectivity index is 2.21. The molecule has 163 valence electrons.